The number of H-pyrrole nitrogens is 1. The predicted octanol–water partition coefficient (Wildman–Crippen LogP) is 2.11. The van der Waals surface area contributed by atoms with E-state index in [4.69, 9.17) is 11.6 Å². The van der Waals surface area contributed by atoms with Gasteiger partial charge in [-0.05, 0) is 19.1 Å². The van der Waals surface area contributed by atoms with E-state index in [1.54, 1.807) is 23.7 Å². The minimum atomic E-state index is -0.504. The van der Waals surface area contributed by atoms with E-state index in [2.05, 4.69) is 26.3 Å². The monoisotopic (exact) mass is 446 g/mol. The van der Waals surface area contributed by atoms with Crippen molar-refractivity contribution in [1.29, 1.82) is 0 Å². The Labute approximate surface area is 183 Å². The average molecular weight is 447 g/mol. The van der Waals surface area contributed by atoms with Crippen LogP contribution in [-0.4, -0.2) is 50.2 Å². The molecule has 1 aliphatic heterocycles. The highest BCUT2D eigenvalue weighted by Gasteiger charge is 2.25. The maximum absolute atomic E-state index is 14.1. The predicted molar refractivity (Wildman–Crippen MR) is 119 cm³/mol. The Morgan fingerprint density at radius 3 is 2.61 bits per heavy atom. The van der Waals surface area contributed by atoms with Crippen LogP contribution in [0, 0.1) is 5.82 Å². The van der Waals surface area contributed by atoms with Crippen molar-refractivity contribution in [2.45, 2.75) is 20.0 Å². The molecular weight excluding hydrogens is 423 g/mol. The van der Waals surface area contributed by atoms with Gasteiger partial charge in [-0.3, -0.25) is 19.2 Å². The Morgan fingerprint density at radius 1 is 1.26 bits per heavy atom. The van der Waals surface area contributed by atoms with Gasteiger partial charge in [-0.15, -0.1) is 0 Å². The number of aromatic amines is 1. The number of aromatic nitrogens is 4. The van der Waals surface area contributed by atoms with Crippen LogP contribution in [0.5, 0.6) is 0 Å². The molecule has 0 amide bonds. The van der Waals surface area contributed by atoms with Gasteiger partial charge in [-0.2, -0.15) is 4.98 Å². The lowest BCUT2D eigenvalue weighted by Crippen LogP contribution is -2.47. The summed E-state index contributed by atoms with van der Waals surface area (Å²) in [5, 5.41) is 0.422. The summed E-state index contributed by atoms with van der Waals surface area (Å²) in [6.45, 7) is 9.31. The molecule has 1 aliphatic rings. The lowest BCUT2D eigenvalue weighted by atomic mass is 10.2. The number of halogens is 2. The van der Waals surface area contributed by atoms with Gasteiger partial charge in [0.1, 0.15) is 5.82 Å². The number of fused-ring (bicyclic) bond motifs is 1. The van der Waals surface area contributed by atoms with Crippen LogP contribution in [0.1, 0.15) is 12.5 Å². The highest BCUT2D eigenvalue weighted by atomic mass is 35.5. The molecule has 164 valence electrons. The number of piperazine rings is 1. The van der Waals surface area contributed by atoms with E-state index < -0.39 is 11.2 Å². The van der Waals surface area contributed by atoms with Gasteiger partial charge in [-0.25, -0.2) is 9.18 Å². The number of hydrogen-bond donors (Lipinski definition) is 1. The van der Waals surface area contributed by atoms with Gasteiger partial charge < -0.3 is 9.47 Å². The van der Waals surface area contributed by atoms with Crippen LogP contribution < -0.4 is 16.1 Å². The third kappa shape index (κ3) is 4.03. The quantitative estimate of drug-likeness (QED) is 0.607. The van der Waals surface area contributed by atoms with Gasteiger partial charge in [0.15, 0.2) is 11.2 Å². The number of aryl methyl sites for hydroxylation is 1. The molecule has 10 heteroatoms. The second kappa shape index (κ2) is 8.32. The fourth-order valence-electron chi connectivity index (χ4n) is 3.90. The first-order valence-corrected chi connectivity index (χ1v) is 10.4. The molecule has 2 aromatic heterocycles. The molecule has 0 aliphatic carbocycles. The second-order valence-electron chi connectivity index (χ2n) is 7.91. The highest BCUT2D eigenvalue weighted by molar-refractivity contribution is 6.31. The number of imidazole rings is 1. The normalized spacial score (nSPS) is 15.0. The van der Waals surface area contributed by atoms with Crippen molar-refractivity contribution < 1.29 is 4.39 Å². The summed E-state index contributed by atoms with van der Waals surface area (Å²) in [5.74, 6) is 0.312. The molecule has 0 unspecified atom stereocenters. The van der Waals surface area contributed by atoms with E-state index in [1.165, 1.54) is 10.6 Å². The Morgan fingerprint density at radius 2 is 1.97 bits per heavy atom. The molecule has 4 rings (SSSR count). The van der Waals surface area contributed by atoms with E-state index in [0.29, 0.717) is 67.0 Å². The molecule has 0 bridgehead atoms. The van der Waals surface area contributed by atoms with Crippen LogP contribution in [0.3, 0.4) is 0 Å². The summed E-state index contributed by atoms with van der Waals surface area (Å²) in [5.41, 5.74) is 1.07. The molecule has 1 fully saturated rings. The summed E-state index contributed by atoms with van der Waals surface area (Å²) in [4.78, 5) is 35.8. The molecular formula is C21H24ClFN6O2. The van der Waals surface area contributed by atoms with Crippen LogP contribution in [-0.2, 0) is 20.1 Å². The van der Waals surface area contributed by atoms with Crippen molar-refractivity contribution >= 4 is 28.7 Å². The van der Waals surface area contributed by atoms with E-state index >= 15 is 0 Å². The molecule has 1 N–H and O–H groups in total. The number of hydrogen-bond acceptors (Lipinski definition) is 5. The molecule has 8 nitrogen and oxygen atoms in total. The molecule has 0 radical (unpaired) electrons. The average Bonchev–Trinajstić information content (AvgIpc) is 3.09. The summed E-state index contributed by atoms with van der Waals surface area (Å²) >= 11 is 6.17. The van der Waals surface area contributed by atoms with E-state index in [0.717, 1.165) is 5.57 Å². The first-order chi connectivity index (χ1) is 14.8. The van der Waals surface area contributed by atoms with Crippen LogP contribution in [0.15, 0.2) is 39.9 Å². The minimum Gasteiger partial charge on any atom is -0.340 e. The molecule has 3 aromatic rings. The molecule has 1 saturated heterocycles. The van der Waals surface area contributed by atoms with E-state index in [1.807, 2.05) is 6.92 Å². The Kier molecular flexibility index (Phi) is 5.72. The van der Waals surface area contributed by atoms with Gasteiger partial charge >= 0.3 is 5.69 Å². The fraction of sp³-hybridized carbons (Fsp3) is 0.381. The van der Waals surface area contributed by atoms with Crippen LogP contribution >= 0.6 is 11.6 Å². The minimum absolute atomic E-state index is 0.307. The zero-order valence-electron chi connectivity index (χ0n) is 17.5. The Bertz CT molecular complexity index is 1250. The summed E-state index contributed by atoms with van der Waals surface area (Å²) in [7, 11) is 1.58. The van der Waals surface area contributed by atoms with Gasteiger partial charge in [0, 0.05) is 56.9 Å². The van der Waals surface area contributed by atoms with Gasteiger partial charge in [-0.1, -0.05) is 29.8 Å². The zero-order chi connectivity index (χ0) is 22.3. The lowest BCUT2D eigenvalue weighted by Gasteiger charge is -2.35. The van der Waals surface area contributed by atoms with Crippen molar-refractivity contribution in [3.63, 3.8) is 0 Å². The lowest BCUT2D eigenvalue weighted by molar-refractivity contribution is 0.245. The van der Waals surface area contributed by atoms with Crippen LogP contribution in [0.2, 0.25) is 5.02 Å². The second-order valence-corrected chi connectivity index (χ2v) is 8.32. The number of benzene rings is 1. The first-order valence-electron chi connectivity index (χ1n) is 10.0. The SMILES string of the molecule is C=C(C)Cn1c(N2CCN(Cc3c(F)cccc3Cl)CC2)nc2c1c(=O)[nH]c(=O)n2C. The topological polar surface area (TPSA) is 79.2 Å². The number of rotatable bonds is 5. The molecule has 0 atom stereocenters. The van der Waals surface area contributed by atoms with Gasteiger partial charge in [0.05, 0.1) is 0 Å². The van der Waals surface area contributed by atoms with Crippen molar-refractivity contribution in [1.82, 2.24) is 24.0 Å². The molecule has 0 saturated carbocycles. The molecule has 3 heterocycles. The number of allylic oxidation sites excluding steroid dienone is 1. The van der Waals surface area contributed by atoms with Crippen molar-refractivity contribution in [3.8, 4) is 0 Å². The van der Waals surface area contributed by atoms with Gasteiger partial charge in [0.25, 0.3) is 5.56 Å². The summed E-state index contributed by atoms with van der Waals surface area (Å²) in [6.07, 6.45) is 0. The van der Waals surface area contributed by atoms with E-state index in [-0.39, 0.29) is 5.82 Å². The third-order valence-corrected chi connectivity index (χ3v) is 5.87. The van der Waals surface area contributed by atoms with Crippen molar-refractivity contribution in [2.75, 3.05) is 31.1 Å². The van der Waals surface area contributed by atoms with Crippen LogP contribution in [0.25, 0.3) is 11.2 Å². The fourth-order valence-corrected chi connectivity index (χ4v) is 4.12. The maximum atomic E-state index is 14.1. The number of anilines is 1. The van der Waals surface area contributed by atoms with Crippen molar-refractivity contribution in [2.24, 2.45) is 7.05 Å². The van der Waals surface area contributed by atoms with Gasteiger partial charge in [0.2, 0.25) is 5.95 Å². The van der Waals surface area contributed by atoms with Crippen molar-refractivity contribution in [3.05, 3.63) is 67.6 Å². The van der Waals surface area contributed by atoms with Crippen LogP contribution in [0.4, 0.5) is 10.3 Å². The van der Waals surface area contributed by atoms with E-state index in [9.17, 15) is 14.0 Å². The number of nitrogens with zero attached hydrogens (tertiary/aromatic N) is 5. The summed E-state index contributed by atoms with van der Waals surface area (Å²) < 4.78 is 17.3. The summed E-state index contributed by atoms with van der Waals surface area (Å²) in [6, 6.07) is 4.71. The maximum Gasteiger partial charge on any atom is 0.329 e. The Balaban J connectivity index is 1.62. The molecule has 0 spiro atoms. The molecule has 31 heavy (non-hydrogen) atoms. The highest BCUT2D eigenvalue weighted by Crippen LogP contribution is 2.24. The Hall–Kier alpha value is -2.91. The largest absolute Gasteiger partial charge is 0.340 e. The third-order valence-electron chi connectivity index (χ3n) is 5.51. The zero-order valence-corrected chi connectivity index (χ0v) is 18.2. The standard InChI is InChI=1S/C21H24ClFN6O2/c1-13(2)11-29-17-18(26(3)21(31)25-19(17)30)24-20(29)28-9-7-27(8-10-28)12-14-15(22)5-4-6-16(14)23/h4-6H,1,7-12H2,2-3H3,(H,25,30,31). The first kappa shape index (κ1) is 21.3. The number of nitrogens with one attached hydrogen (secondary N) is 1. The smallest absolute Gasteiger partial charge is 0.329 e. The molecule has 1 aromatic carbocycles.